The molecule has 0 saturated carbocycles. The van der Waals surface area contributed by atoms with E-state index in [9.17, 15) is 24.2 Å². The number of benzene rings is 3. The molecule has 5 rings (SSSR count). The van der Waals surface area contributed by atoms with Crippen LogP contribution in [0.3, 0.4) is 0 Å². The van der Waals surface area contributed by atoms with Crippen LogP contribution in [0, 0.1) is 5.82 Å². The summed E-state index contributed by atoms with van der Waals surface area (Å²) < 4.78 is 15.4. The van der Waals surface area contributed by atoms with E-state index in [-0.39, 0.29) is 24.3 Å². The van der Waals surface area contributed by atoms with Crippen LogP contribution in [-0.4, -0.2) is 37.5 Å². The van der Waals surface area contributed by atoms with Gasteiger partial charge in [-0.1, -0.05) is 41.9 Å². The van der Waals surface area contributed by atoms with E-state index >= 15 is 0 Å². The Hall–Kier alpha value is -4.69. The average Bonchev–Trinajstić information content (AvgIpc) is 3.34. The van der Waals surface area contributed by atoms with Gasteiger partial charge < -0.3 is 19.9 Å². The summed E-state index contributed by atoms with van der Waals surface area (Å²) in [6, 6.07) is 20.3. The monoisotopic (exact) mass is 543 g/mol. The molecule has 3 N–H and O–H groups in total. The number of rotatable bonds is 8. The van der Waals surface area contributed by atoms with Gasteiger partial charge in [-0.25, -0.2) is 14.2 Å². The first-order valence-electron chi connectivity index (χ1n) is 12.1. The normalized spacial score (nSPS) is 11.8. The fraction of sp³-hybridized carbons (Fsp3) is 0.100. The van der Waals surface area contributed by atoms with Gasteiger partial charge in [0.25, 0.3) is 5.91 Å². The summed E-state index contributed by atoms with van der Waals surface area (Å²) in [5.41, 5.74) is 4.33. The summed E-state index contributed by atoms with van der Waals surface area (Å²) in [5.74, 6) is -2.24. The van der Waals surface area contributed by atoms with Gasteiger partial charge in [-0.2, -0.15) is 0 Å². The first kappa shape index (κ1) is 25.9. The van der Waals surface area contributed by atoms with Gasteiger partial charge >= 0.3 is 5.97 Å². The highest BCUT2D eigenvalue weighted by molar-refractivity contribution is 6.30. The molecule has 3 aromatic carbocycles. The topological polar surface area (TPSA) is 104 Å². The maximum atomic E-state index is 13.7. The zero-order chi connectivity index (χ0) is 27.5. The number of amides is 1. The molecule has 1 amide bonds. The molecule has 1 atom stereocenters. The first-order chi connectivity index (χ1) is 18.7. The van der Waals surface area contributed by atoms with Crippen molar-refractivity contribution in [3.63, 3.8) is 0 Å². The van der Waals surface area contributed by atoms with Crippen molar-refractivity contribution in [1.82, 2.24) is 14.7 Å². The van der Waals surface area contributed by atoms with Crippen molar-refractivity contribution in [3.05, 3.63) is 124 Å². The molecule has 0 spiro atoms. The van der Waals surface area contributed by atoms with E-state index in [0.29, 0.717) is 27.4 Å². The second-order valence-electron chi connectivity index (χ2n) is 9.14. The van der Waals surface area contributed by atoms with Crippen molar-refractivity contribution >= 4 is 29.1 Å². The highest BCUT2D eigenvalue weighted by Gasteiger charge is 2.24. The predicted molar refractivity (Wildman–Crippen MR) is 146 cm³/mol. The van der Waals surface area contributed by atoms with Crippen LogP contribution in [0.1, 0.15) is 27.2 Å². The fourth-order valence-corrected chi connectivity index (χ4v) is 4.54. The molecule has 39 heavy (non-hydrogen) atoms. The van der Waals surface area contributed by atoms with E-state index in [1.54, 1.807) is 47.0 Å². The molecule has 0 bridgehead atoms. The second kappa shape index (κ2) is 11.0. The van der Waals surface area contributed by atoms with Gasteiger partial charge in [0, 0.05) is 23.8 Å². The van der Waals surface area contributed by atoms with E-state index in [1.165, 1.54) is 24.3 Å². The van der Waals surface area contributed by atoms with Crippen molar-refractivity contribution < 1.29 is 24.2 Å². The van der Waals surface area contributed by atoms with Gasteiger partial charge in [0.05, 0.1) is 0 Å². The number of halogens is 2. The largest absolute Gasteiger partial charge is 0.508 e. The Bertz CT molecular complexity index is 1680. The SMILES string of the molecule is O=C(N[C@@H](Cc1ccc(O)cc1Cc1cccc(F)c1)C(=O)O)c1cn2cc(-c3ccc(Cl)cc3)ccc2n1. The highest BCUT2D eigenvalue weighted by Crippen LogP contribution is 2.24. The van der Waals surface area contributed by atoms with Crippen LogP contribution in [0.4, 0.5) is 4.39 Å². The Balaban J connectivity index is 1.36. The van der Waals surface area contributed by atoms with E-state index in [2.05, 4.69) is 10.3 Å². The summed E-state index contributed by atoms with van der Waals surface area (Å²) in [5, 5.41) is 23.1. The van der Waals surface area contributed by atoms with Crippen LogP contribution in [0.5, 0.6) is 5.75 Å². The number of nitrogens with one attached hydrogen (secondary N) is 1. The van der Waals surface area contributed by atoms with Crippen LogP contribution < -0.4 is 5.32 Å². The predicted octanol–water partition coefficient (Wildman–Crippen LogP) is 5.52. The third kappa shape index (κ3) is 6.08. The minimum atomic E-state index is -1.26. The lowest BCUT2D eigenvalue weighted by molar-refractivity contribution is -0.139. The molecule has 7 nitrogen and oxygen atoms in total. The second-order valence-corrected chi connectivity index (χ2v) is 9.58. The van der Waals surface area contributed by atoms with E-state index < -0.39 is 23.7 Å². The zero-order valence-corrected chi connectivity index (χ0v) is 21.3. The van der Waals surface area contributed by atoms with E-state index in [4.69, 9.17) is 11.6 Å². The number of phenols is 1. The highest BCUT2D eigenvalue weighted by atomic mass is 35.5. The number of fused-ring (bicyclic) bond motifs is 1. The van der Waals surface area contributed by atoms with Gasteiger partial charge in [-0.05, 0) is 82.8 Å². The molecule has 0 fully saturated rings. The number of aromatic hydroxyl groups is 1. The Morgan fingerprint density at radius 3 is 2.46 bits per heavy atom. The van der Waals surface area contributed by atoms with Crippen molar-refractivity contribution in [2.45, 2.75) is 18.9 Å². The van der Waals surface area contributed by atoms with Gasteiger partial charge in [-0.15, -0.1) is 0 Å². The number of hydrogen-bond acceptors (Lipinski definition) is 4. The Morgan fingerprint density at radius 1 is 0.949 bits per heavy atom. The maximum Gasteiger partial charge on any atom is 0.326 e. The molecule has 9 heteroatoms. The summed E-state index contributed by atoms with van der Waals surface area (Å²) >= 11 is 5.98. The van der Waals surface area contributed by atoms with Crippen molar-refractivity contribution in [3.8, 4) is 16.9 Å². The van der Waals surface area contributed by atoms with E-state index in [1.807, 2.05) is 24.4 Å². The zero-order valence-electron chi connectivity index (χ0n) is 20.5. The number of aliphatic carboxylic acids is 1. The molecular weight excluding hydrogens is 521 g/mol. The third-order valence-corrected chi connectivity index (χ3v) is 6.61. The number of pyridine rings is 1. The molecule has 0 aliphatic heterocycles. The standard InChI is InChI=1S/C30H23ClFN3O4/c31-23-8-4-19(5-9-23)21-7-11-28-33-27(17-35(28)16-21)29(37)34-26(30(38)39)15-20-6-10-25(36)14-22(20)12-18-2-1-3-24(32)13-18/h1-11,13-14,16-17,26,36H,12,15H2,(H,34,37)(H,38,39)/t26-/m0/s1. The minimum absolute atomic E-state index is 0.00346. The molecule has 0 aliphatic carbocycles. The fourth-order valence-electron chi connectivity index (χ4n) is 4.41. The molecule has 2 aromatic heterocycles. The Morgan fingerprint density at radius 2 is 1.72 bits per heavy atom. The number of hydrogen-bond donors (Lipinski definition) is 3. The van der Waals surface area contributed by atoms with Crippen LogP contribution >= 0.6 is 11.6 Å². The lowest BCUT2D eigenvalue weighted by atomic mass is 9.95. The van der Waals surface area contributed by atoms with E-state index in [0.717, 1.165) is 11.1 Å². The van der Waals surface area contributed by atoms with Gasteiger partial charge in [-0.3, -0.25) is 4.79 Å². The van der Waals surface area contributed by atoms with Crippen molar-refractivity contribution in [2.24, 2.45) is 0 Å². The number of aromatic nitrogens is 2. The molecule has 0 unspecified atom stereocenters. The minimum Gasteiger partial charge on any atom is -0.508 e. The van der Waals surface area contributed by atoms with Crippen molar-refractivity contribution in [1.29, 1.82) is 0 Å². The number of carboxylic acid groups (broad SMARTS) is 1. The molecule has 0 radical (unpaired) electrons. The number of nitrogens with zero attached hydrogens (tertiary/aromatic N) is 2. The van der Waals surface area contributed by atoms with Crippen LogP contribution in [0.15, 0.2) is 91.3 Å². The molecule has 2 heterocycles. The number of carbonyl (C=O) groups excluding carboxylic acids is 1. The smallest absolute Gasteiger partial charge is 0.326 e. The van der Waals surface area contributed by atoms with Crippen molar-refractivity contribution in [2.75, 3.05) is 0 Å². The summed E-state index contributed by atoms with van der Waals surface area (Å²) in [7, 11) is 0. The third-order valence-electron chi connectivity index (χ3n) is 6.36. The summed E-state index contributed by atoms with van der Waals surface area (Å²) in [6.07, 6.45) is 3.61. The lowest BCUT2D eigenvalue weighted by Crippen LogP contribution is -2.42. The molecule has 5 aromatic rings. The quantitative estimate of drug-likeness (QED) is 0.239. The van der Waals surface area contributed by atoms with Crippen LogP contribution in [0.25, 0.3) is 16.8 Å². The van der Waals surface area contributed by atoms with Crippen LogP contribution in [-0.2, 0) is 17.6 Å². The Labute approximate surface area is 228 Å². The maximum absolute atomic E-state index is 13.7. The van der Waals surface area contributed by atoms with Gasteiger partial charge in [0.2, 0.25) is 0 Å². The van der Waals surface area contributed by atoms with Gasteiger partial charge in [0.1, 0.15) is 28.9 Å². The van der Waals surface area contributed by atoms with Gasteiger partial charge in [0.15, 0.2) is 0 Å². The molecule has 0 aliphatic rings. The number of phenolic OH excluding ortho intramolecular Hbond substituents is 1. The average molecular weight is 544 g/mol. The summed E-state index contributed by atoms with van der Waals surface area (Å²) in [4.78, 5) is 29.5. The summed E-state index contributed by atoms with van der Waals surface area (Å²) in [6.45, 7) is 0. The number of imidazole rings is 1. The number of carboxylic acids is 1. The first-order valence-corrected chi connectivity index (χ1v) is 12.5. The molecular formula is C30H23ClFN3O4. The lowest BCUT2D eigenvalue weighted by Gasteiger charge is -2.17. The molecule has 0 saturated heterocycles. The Kier molecular flexibility index (Phi) is 7.29. The molecule has 196 valence electrons. The number of carbonyl (C=O) groups is 2. The van der Waals surface area contributed by atoms with Crippen LogP contribution in [0.2, 0.25) is 5.02 Å².